The molecule has 0 aromatic heterocycles. The number of hydrogen-bond donors (Lipinski definition) is 0. The zero-order valence-corrected chi connectivity index (χ0v) is 14.0. The first kappa shape index (κ1) is 15.7. The first-order chi connectivity index (χ1) is 8.42. The van der Waals surface area contributed by atoms with Crippen molar-refractivity contribution in [3.63, 3.8) is 0 Å². The maximum Gasteiger partial charge on any atom is -0.0195 e. The number of benzene rings is 2. The van der Waals surface area contributed by atoms with Gasteiger partial charge in [0.1, 0.15) is 0 Å². The summed E-state index contributed by atoms with van der Waals surface area (Å²) in [7, 11) is -0.157. The van der Waals surface area contributed by atoms with Crippen LogP contribution >= 0.6 is 31.9 Å². The summed E-state index contributed by atoms with van der Waals surface area (Å²) in [4.78, 5) is 0. The van der Waals surface area contributed by atoms with E-state index in [1.165, 1.54) is 29.6 Å². The fraction of sp³-hybridized carbons (Fsp3) is 0.250. The van der Waals surface area contributed by atoms with Crippen molar-refractivity contribution in [3.05, 3.63) is 60.7 Å². The van der Waals surface area contributed by atoms with Gasteiger partial charge in [0.2, 0.25) is 0 Å². The van der Waals surface area contributed by atoms with Gasteiger partial charge in [-0.1, -0.05) is 74.0 Å². The maximum absolute atomic E-state index is 2.27. The molecule has 0 saturated carbocycles. The Balaban J connectivity index is 0.00000162. The summed E-state index contributed by atoms with van der Waals surface area (Å²) < 4.78 is 0. The lowest BCUT2D eigenvalue weighted by molar-refractivity contribution is 0.894. The maximum atomic E-state index is 2.27. The summed E-state index contributed by atoms with van der Waals surface area (Å²) in [6, 6.07) is 21.9. The average molecular weight is 370 g/mol. The molecular formula is C16H20IP. The van der Waals surface area contributed by atoms with Crippen molar-refractivity contribution in [2.75, 3.05) is 6.16 Å². The number of rotatable bonds is 5. The summed E-state index contributed by atoms with van der Waals surface area (Å²) in [5.41, 5.74) is 0. The van der Waals surface area contributed by atoms with Gasteiger partial charge in [-0.05, 0) is 31.1 Å². The van der Waals surface area contributed by atoms with Crippen molar-refractivity contribution in [1.82, 2.24) is 0 Å². The Hall–Kier alpha value is -0.400. The van der Waals surface area contributed by atoms with Crippen LogP contribution in [0, 0.1) is 0 Å². The molecule has 0 N–H and O–H groups in total. The summed E-state index contributed by atoms with van der Waals surface area (Å²) in [6.45, 7) is 2.27. The van der Waals surface area contributed by atoms with Crippen molar-refractivity contribution in [1.29, 1.82) is 0 Å². The molecule has 0 nitrogen and oxygen atoms in total. The van der Waals surface area contributed by atoms with Gasteiger partial charge in [0.15, 0.2) is 0 Å². The van der Waals surface area contributed by atoms with Crippen LogP contribution in [-0.2, 0) is 0 Å². The van der Waals surface area contributed by atoms with E-state index in [1.54, 1.807) is 0 Å². The Kier molecular flexibility index (Phi) is 7.53. The van der Waals surface area contributed by atoms with Crippen LogP contribution < -0.4 is 10.6 Å². The highest BCUT2D eigenvalue weighted by atomic mass is 127. The van der Waals surface area contributed by atoms with E-state index < -0.39 is 0 Å². The van der Waals surface area contributed by atoms with Crippen molar-refractivity contribution < 1.29 is 0 Å². The van der Waals surface area contributed by atoms with E-state index >= 15 is 0 Å². The van der Waals surface area contributed by atoms with Crippen LogP contribution in [0.1, 0.15) is 19.8 Å². The second-order valence-corrected chi connectivity index (χ2v) is 6.51. The molecule has 0 spiro atoms. The van der Waals surface area contributed by atoms with E-state index in [2.05, 4.69) is 67.6 Å². The van der Waals surface area contributed by atoms with Crippen LogP contribution in [0.2, 0.25) is 0 Å². The fourth-order valence-electron chi connectivity index (χ4n) is 1.94. The molecule has 2 aromatic carbocycles. The van der Waals surface area contributed by atoms with Crippen LogP contribution in [0.3, 0.4) is 0 Å². The van der Waals surface area contributed by atoms with Gasteiger partial charge in [-0.3, -0.25) is 0 Å². The molecule has 0 aliphatic carbocycles. The van der Waals surface area contributed by atoms with Crippen LogP contribution in [0.5, 0.6) is 0 Å². The van der Waals surface area contributed by atoms with Crippen molar-refractivity contribution in [3.8, 4) is 0 Å². The van der Waals surface area contributed by atoms with Gasteiger partial charge < -0.3 is 0 Å². The minimum Gasteiger partial charge on any atom is -0.107 e. The molecule has 2 heteroatoms. The predicted octanol–water partition coefficient (Wildman–Crippen LogP) is 4.54. The van der Waals surface area contributed by atoms with Gasteiger partial charge in [0, 0.05) is 0 Å². The largest absolute Gasteiger partial charge is 0.107 e. The van der Waals surface area contributed by atoms with Crippen LogP contribution in [0.15, 0.2) is 60.7 Å². The molecule has 2 rings (SSSR count). The van der Waals surface area contributed by atoms with Crippen LogP contribution in [0.25, 0.3) is 0 Å². The molecular weight excluding hydrogens is 350 g/mol. The number of hydrogen-bond acceptors (Lipinski definition) is 0. The van der Waals surface area contributed by atoms with Gasteiger partial charge in [0.25, 0.3) is 0 Å². The highest BCUT2D eigenvalue weighted by molar-refractivity contribution is 14.0. The minimum atomic E-state index is -0.157. The summed E-state index contributed by atoms with van der Waals surface area (Å²) in [6.07, 6.45) is 3.90. The van der Waals surface area contributed by atoms with Gasteiger partial charge >= 0.3 is 0 Å². The molecule has 0 bridgehead atoms. The Morgan fingerprint density at radius 1 is 0.778 bits per heavy atom. The standard InChI is InChI=1S/C16H19P.HI/c1-2-3-14-17(15-10-6-4-7-11-15)16-12-8-5-9-13-16;/h4-13H,2-3,14H2,1H3;1H. The molecule has 2 aromatic rings. The zero-order valence-electron chi connectivity index (χ0n) is 10.8. The van der Waals surface area contributed by atoms with E-state index in [0.717, 1.165) is 0 Å². The van der Waals surface area contributed by atoms with E-state index in [9.17, 15) is 0 Å². The lowest BCUT2D eigenvalue weighted by Gasteiger charge is -2.18. The zero-order chi connectivity index (χ0) is 11.9. The lowest BCUT2D eigenvalue weighted by atomic mass is 10.4. The summed E-state index contributed by atoms with van der Waals surface area (Å²) >= 11 is 0. The molecule has 0 aliphatic rings. The van der Waals surface area contributed by atoms with E-state index in [-0.39, 0.29) is 31.9 Å². The molecule has 0 radical (unpaired) electrons. The molecule has 18 heavy (non-hydrogen) atoms. The summed E-state index contributed by atoms with van der Waals surface area (Å²) in [5.74, 6) is 0. The van der Waals surface area contributed by atoms with E-state index in [0.29, 0.717) is 0 Å². The molecule has 0 heterocycles. The average Bonchev–Trinajstić information content (AvgIpc) is 2.42. The Morgan fingerprint density at radius 2 is 1.22 bits per heavy atom. The molecule has 96 valence electrons. The SMILES string of the molecule is CCCCP(c1ccccc1)c1ccccc1.I. The summed E-state index contributed by atoms with van der Waals surface area (Å²) in [5, 5.41) is 3.00. The van der Waals surface area contributed by atoms with Crippen molar-refractivity contribution >= 4 is 42.5 Å². The van der Waals surface area contributed by atoms with Gasteiger partial charge in [-0.2, -0.15) is 0 Å². The first-order valence-electron chi connectivity index (χ1n) is 6.29. The highest BCUT2D eigenvalue weighted by Gasteiger charge is 2.11. The van der Waals surface area contributed by atoms with E-state index in [1.807, 2.05) is 0 Å². The smallest absolute Gasteiger partial charge is 0.0195 e. The van der Waals surface area contributed by atoms with Gasteiger partial charge in [0.05, 0.1) is 0 Å². The highest BCUT2D eigenvalue weighted by Crippen LogP contribution is 2.34. The third-order valence-electron chi connectivity index (χ3n) is 2.87. The predicted molar refractivity (Wildman–Crippen MR) is 94.3 cm³/mol. The molecule has 0 saturated heterocycles. The van der Waals surface area contributed by atoms with Gasteiger partial charge in [-0.25, -0.2) is 0 Å². The Morgan fingerprint density at radius 3 is 1.61 bits per heavy atom. The number of halogens is 1. The third-order valence-corrected chi connectivity index (χ3v) is 5.48. The Labute approximate surface area is 129 Å². The molecule has 0 aliphatic heterocycles. The molecule has 0 fully saturated rings. The minimum absolute atomic E-state index is 0. The quantitative estimate of drug-likeness (QED) is 0.536. The normalized spacial score (nSPS) is 10.1. The van der Waals surface area contributed by atoms with Crippen molar-refractivity contribution in [2.24, 2.45) is 0 Å². The molecule has 0 unspecified atom stereocenters. The second-order valence-electron chi connectivity index (χ2n) is 4.18. The topological polar surface area (TPSA) is 0 Å². The van der Waals surface area contributed by atoms with Crippen LogP contribution in [-0.4, -0.2) is 6.16 Å². The lowest BCUT2D eigenvalue weighted by Crippen LogP contribution is -2.13. The van der Waals surface area contributed by atoms with Gasteiger partial charge in [-0.15, -0.1) is 24.0 Å². The molecule has 0 amide bonds. The third kappa shape index (κ3) is 4.37. The monoisotopic (exact) mass is 370 g/mol. The number of unbranched alkanes of at least 4 members (excludes halogenated alkanes) is 1. The first-order valence-corrected chi connectivity index (χ1v) is 7.82. The van der Waals surface area contributed by atoms with E-state index in [4.69, 9.17) is 0 Å². The second kappa shape index (κ2) is 8.66. The Bertz CT molecular complexity index is 388. The fourth-order valence-corrected chi connectivity index (χ4v) is 4.45. The van der Waals surface area contributed by atoms with Crippen LogP contribution in [0.4, 0.5) is 0 Å². The van der Waals surface area contributed by atoms with Crippen molar-refractivity contribution in [2.45, 2.75) is 19.8 Å². The molecule has 0 atom stereocenters.